The molecule has 0 unspecified atom stereocenters. The number of piperidine rings is 1. The van der Waals surface area contributed by atoms with Crippen LogP contribution in [0, 0.1) is 5.82 Å². The molecule has 1 fully saturated rings. The van der Waals surface area contributed by atoms with Crippen molar-refractivity contribution in [1.82, 2.24) is 4.90 Å². The summed E-state index contributed by atoms with van der Waals surface area (Å²) in [6, 6.07) is 12.2. The number of phenolic OH excluding ortho intramolecular Hbond substituents is 1. The highest BCUT2D eigenvalue weighted by Gasteiger charge is 2.31. The van der Waals surface area contributed by atoms with E-state index in [4.69, 9.17) is 0 Å². The van der Waals surface area contributed by atoms with Crippen LogP contribution in [0.4, 0.5) is 10.1 Å². The van der Waals surface area contributed by atoms with E-state index in [-0.39, 0.29) is 23.4 Å². The molecule has 0 radical (unpaired) electrons. The number of amides is 1. The highest BCUT2D eigenvalue weighted by molar-refractivity contribution is 5.96. The number of nitrogens with one attached hydrogen (secondary N) is 1. The third kappa shape index (κ3) is 4.15. The number of aliphatic hydroxyl groups is 1. The Morgan fingerprint density at radius 2 is 1.84 bits per heavy atom. The monoisotopic (exact) mass is 344 g/mol. The molecule has 132 valence electrons. The summed E-state index contributed by atoms with van der Waals surface area (Å²) in [6.45, 7) is 1.17. The topological polar surface area (TPSA) is 72.8 Å². The van der Waals surface area contributed by atoms with Crippen LogP contribution in [0.2, 0.25) is 0 Å². The van der Waals surface area contributed by atoms with Gasteiger partial charge in [0.05, 0.1) is 11.8 Å². The van der Waals surface area contributed by atoms with Gasteiger partial charge in [0.1, 0.15) is 17.6 Å². The van der Waals surface area contributed by atoms with Crippen LogP contribution in [0.3, 0.4) is 0 Å². The van der Waals surface area contributed by atoms with Crippen molar-refractivity contribution >= 4 is 11.6 Å². The SMILES string of the molecule is O=C(Nc1cc(F)ccc1O)[C@H](c1ccccc1)N1CCC(O)CC1. The molecule has 1 saturated heterocycles. The van der Waals surface area contributed by atoms with Gasteiger partial charge >= 0.3 is 0 Å². The molecule has 25 heavy (non-hydrogen) atoms. The number of halogens is 1. The van der Waals surface area contributed by atoms with Gasteiger partial charge in [-0.3, -0.25) is 9.69 Å². The Bertz CT molecular complexity index is 731. The second-order valence-corrected chi connectivity index (χ2v) is 6.23. The summed E-state index contributed by atoms with van der Waals surface area (Å²) in [4.78, 5) is 14.9. The largest absolute Gasteiger partial charge is 0.506 e. The molecule has 0 aliphatic carbocycles. The fourth-order valence-corrected chi connectivity index (χ4v) is 3.12. The zero-order valence-electron chi connectivity index (χ0n) is 13.7. The lowest BCUT2D eigenvalue weighted by atomic mass is 9.99. The van der Waals surface area contributed by atoms with Crippen molar-refractivity contribution in [2.24, 2.45) is 0 Å². The number of hydrogen-bond donors (Lipinski definition) is 3. The van der Waals surface area contributed by atoms with Crippen LogP contribution < -0.4 is 5.32 Å². The van der Waals surface area contributed by atoms with Crippen molar-refractivity contribution in [3.8, 4) is 5.75 Å². The van der Waals surface area contributed by atoms with E-state index in [1.54, 1.807) is 0 Å². The zero-order valence-corrected chi connectivity index (χ0v) is 13.7. The molecule has 0 bridgehead atoms. The number of rotatable bonds is 4. The molecule has 1 atom stereocenters. The first-order valence-electron chi connectivity index (χ1n) is 8.31. The van der Waals surface area contributed by atoms with Crippen molar-refractivity contribution in [3.63, 3.8) is 0 Å². The first kappa shape index (κ1) is 17.4. The summed E-state index contributed by atoms with van der Waals surface area (Å²) in [7, 11) is 0. The van der Waals surface area contributed by atoms with Gasteiger partial charge in [-0.15, -0.1) is 0 Å². The molecule has 6 heteroatoms. The van der Waals surface area contributed by atoms with Gasteiger partial charge in [-0.25, -0.2) is 4.39 Å². The molecule has 2 aromatic rings. The Kier molecular flexibility index (Phi) is 5.31. The average molecular weight is 344 g/mol. The number of carbonyl (C=O) groups is 1. The molecule has 1 aliphatic heterocycles. The van der Waals surface area contributed by atoms with E-state index in [2.05, 4.69) is 5.32 Å². The number of carbonyl (C=O) groups excluding carboxylic acids is 1. The first-order valence-corrected chi connectivity index (χ1v) is 8.31. The lowest BCUT2D eigenvalue weighted by Crippen LogP contribution is -2.43. The van der Waals surface area contributed by atoms with Gasteiger partial charge in [-0.2, -0.15) is 0 Å². The van der Waals surface area contributed by atoms with Crippen LogP contribution in [0.25, 0.3) is 0 Å². The summed E-state index contributed by atoms with van der Waals surface area (Å²) in [5, 5.41) is 22.2. The predicted octanol–water partition coefficient (Wildman–Crippen LogP) is 2.67. The molecule has 2 aromatic carbocycles. The van der Waals surface area contributed by atoms with Crippen molar-refractivity contribution in [1.29, 1.82) is 0 Å². The fraction of sp³-hybridized carbons (Fsp3) is 0.316. The normalized spacial score (nSPS) is 17.2. The molecule has 0 aromatic heterocycles. The van der Waals surface area contributed by atoms with Gasteiger partial charge in [0.2, 0.25) is 5.91 Å². The maximum Gasteiger partial charge on any atom is 0.246 e. The molecule has 1 amide bonds. The van der Waals surface area contributed by atoms with Gasteiger partial charge in [-0.1, -0.05) is 30.3 Å². The molecule has 3 N–H and O–H groups in total. The van der Waals surface area contributed by atoms with Crippen molar-refractivity contribution < 1.29 is 19.4 Å². The predicted molar refractivity (Wildman–Crippen MR) is 92.7 cm³/mol. The number of benzene rings is 2. The summed E-state index contributed by atoms with van der Waals surface area (Å²) in [5.74, 6) is -1.07. The number of likely N-dealkylation sites (tertiary alicyclic amines) is 1. The maximum atomic E-state index is 13.4. The fourth-order valence-electron chi connectivity index (χ4n) is 3.12. The standard InChI is InChI=1S/C19H21FN2O3/c20-14-6-7-17(24)16(12-14)21-19(25)18(13-4-2-1-3-5-13)22-10-8-15(23)9-11-22/h1-7,12,15,18,23-24H,8-11H2,(H,21,25)/t18-/m0/s1. The van der Waals surface area contributed by atoms with Crippen LogP contribution in [-0.4, -0.2) is 40.2 Å². The average Bonchev–Trinajstić information content (AvgIpc) is 2.61. The zero-order chi connectivity index (χ0) is 17.8. The molecular weight excluding hydrogens is 323 g/mol. The molecule has 0 spiro atoms. The maximum absolute atomic E-state index is 13.4. The highest BCUT2D eigenvalue weighted by atomic mass is 19.1. The van der Waals surface area contributed by atoms with E-state index >= 15 is 0 Å². The Morgan fingerprint density at radius 1 is 1.16 bits per heavy atom. The Labute approximate surface area is 145 Å². The lowest BCUT2D eigenvalue weighted by molar-refractivity contribution is -0.122. The summed E-state index contributed by atoms with van der Waals surface area (Å²) in [5.41, 5.74) is 0.857. The number of aliphatic hydroxyl groups excluding tert-OH is 1. The Balaban J connectivity index is 1.86. The lowest BCUT2D eigenvalue weighted by Gasteiger charge is -2.35. The molecule has 1 aliphatic rings. The van der Waals surface area contributed by atoms with E-state index in [1.165, 1.54) is 6.07 Å². The number of nitrogens with zero attached hydrogens (tertiary/aromatic N) is 1. The Hall–Kier alpha value is -2.44. The van der Waals surface area contributed by atoms with Crippen LogP contribution >= 0.6 is 0 Å². The smallest absolute Gasteiger partial charge is 0.246 e. The van der Waals surface area contributed by atoms with E-state index in [0.29, 0.717) is 25.9 Å². The number of hydrogen-bond acceptors (Lipinski definition) is 4. The number of aromatic hydroxyl groups is 1. The number of phenols is 1. The van der Waals surface area contributed by atoms with Crippen LogP contribution in [0.5, 0.6) is 5.75 Å². The quantitative estimate of drug-likeness (QED) is 0.746. The summed E-state index contributed by atoms with van der Waals surface area (Å²) < 4.78 is 13.4. The Morgan fingerprint density at radius 3 is 2.52 bits per heavy atom. The third-order valence-electron chi connectivity index (χ3n) is 4.44. The minimum absolute atomic E-state index is 0.0444. The van der Waals surface area contributed by atoms with Crippen LogP contribution in [0.1, 0.15) is 24.4 Å². The highest BCUT2D eigenvalue weighted by Crippen LogP contribution is 2.29. The molecule has 0 saturated carbocycles. The summed E-state index contributed by atoms with van der Waals surface area (Å²) in [6.07, 6.45) is 0.854. The van der Waals surface area contributed by atoms with E-state index in [9.17, 15) is 19.4 Å². The molecule has 5 nitrogen and oxygen atoms in total. The molecule has 3 rings (SSSR count). The molecular formula is C19H21FN2O3. The van der Waals surface area contributed by atoms with Crippen LogP contribution in [-0.2, 0) is 4.79 Å². The second-order valence-electron chi connectivity index (χ2n) is 6.23. The van der Waals surface area contributed by atoms with Gasteiger partial charge in [-0.05, 0) is 30.5 Å². The van der Waals surface area contributed by atoms with Crippen molar-refractivity contribution in [3.05, 3.63) is 59.9 Å². The third-order valence-corrected chi connectivity index (χ3v) is 4.44. The van der Waals surface area contributed by atoms with Crippen LogP contribution in [0.15, 0.2) is 48.5 Å². The van der Waals surface area contributed by atoms with Gasteiger partial charge in [0.15, 0.2) is 0 Å². The van der Waals surface area contributed by atoms with E-state index in [0.717, 1.165) is 17.7 Å². The minimum atomic E-state index is -0.573. The van der Waals surface area contributed by atoms with E-state index < -0.39 is 11.9 Å². The molecule has 1 heterocycles. The number of anilines is 1. The van der Waals surface area contributed by atoms with E-state index in [1.807, 2.05) is 35.2 Å². The van der Waals surface area contributed by atoms with Gasteiger partial charge in [0, 0.05) is 19.2 Å². The van der Waals surface area contributed by atoms with Crippen molar-refractivity contribution in [2.45, 2.75) is 25.0 Å². The summed E-state index contributed by atoms with van der Waals surface area (Å²) >= 11 is 0. The minimum Gasteiger partial charge on any atom is -0.506 e. The first-order chi connectivity index (χ1) is 12.0. The van der Waals surface area contributed by atoms with Gasteiger partial charge in [0.25, 0.3) is 0 Å². The second kappa shape index (κ2) is 7.63. The van der Waals surface area contributed by atoms with Crippen molar-refractivity contribution in [2.75, 3.05) is 18.4 Å². The van der Waals surface area contributed by atoms with Gasteiger partial charge < -0.3 is 15.5 Å².